The molecule has 0 saturated heterocycles. The fourth-order valence-electron chi connectivity index (χ4n) is 2.63. The van der Waals surface area contributed by atoms with Gasteiger partial charge in [0.1, 0.15) is 11.6 Å². The predicted molar refractivity (Wildman–Crippen MR) is 80.3 cm³/mol. The largest absolute Gasteiger partial charge is 0.478 e. The molecule has 0 saturated carbocycles. The quantitative estimate of drug-likeness (QED) is 0.895. The molecular weight excluding hydrogens is 250 g/mol. The Morgan fingerprint density at radius 3 is 2.95 bits per heavy atom. The number of ether oxygens (including phenoxy) is 1. The average Bonchev–Trinajstić information content (AvgIpc) is 2.90. The Bertz CT molecular complexity index is 591. The fraction of sp³-hybridized carbons (Fsp3) is 0.438. The van der Waals surface area contributed by atoms with Gasteiger partial charge >= 0.3 is 0 Å². The number of aromatic nitrogens is 2. The number of benzene rings is 1. The van der Waals surface area contributed by atoms with E-state index in [9.17, 15) is 0 Å². The molecule has 2 aromatic rings. The maximum atomic E-state index is 6.05. The number of anilines is 1. The fourth-order valence-corrected chi connectivity index (χ4v) is 2.63. The van der Waals surface area contributed by atoms with Crippen molar-refractivity contribution >= 4 is 5.69 Å². The minimum atomic E-state index is -0.0409. The number of H-pyrrole nitrogens is 1. The Balaban J connectivity index is 1.84. The summed E-state index contributed by atoms with van der Waals surface area (Å²) in [6.45, 7) is 5.09. The van der Waals surface area contributed by atoms with Crippen LogP contribution in [0.2, 0.25) is 0 Å². The molecule has 4 nitrogen and oxygen atoms in total. The SMILES string of the molecule is CCCc1[nH]c(C2CNc3ccccc3O2)nc1CC. The number of nitrogens with one attached hydrogen (secondary N) is 2. The van der Waals surface area contributed by atoms with Crippen molar-refractivity contribution in [3.63, 3.8) is 0 Å². The molecule has 20 heavy (non-hydrogen) atoms. The van der Waals surface area contributed by atoms with E-state index in [1.807, 2.05) is 24.3 Å². The number of aryl methyl sites for hydroxylation is 2. The van der Waals surface area contributed by atoms with Crippen molar-refractivity contribution in [1.82, 2.24) is 9.97 Å². The molecule has 0 fully saturated rings. The van der Waals surface area contributed by atoms with Crippen molar-refractivity contribution in [2.45, 2.75) is 39.2 Å². The first kappa shape index (κ1) is 13.0. The molecule has 2 N–H and O–H groups in total. The van der Waals surface area contributed by atoms with Crippen molar-refractivity contribution in [3.8, 4) is 5.75 Å². The van der Waals surface area contributed by atoms with Crippen molar-refractivity contribution in [1.29, 1.82) is 0 Å². The van der Waals surface area contributed by atoms with Gasteiger partial charge in [-0.1, -0.05) is 32.4 Å². The van der Waals surface area contributed by atoms with E-state index in [1.54, 1.807) is 0 Å². The zero-order chi connectivity index (χ0) is 13.9. The highest BCUT2D eigenvalue weighted by Crippen LogP contribution is 2.33. The third kappa shape index (κ3) is 2.38. The van der Waals surface area contributed by atoms with E-state index < -0.39 is 0 Å². The first-order valence-electron chi connectivity index (χ1n) is 7.39. The number of nitrogens with zero attached hydrogens (tertiary/aromatic N) is 1. The molecule has 1 aliphatic heterocycles. The molecule has 0 amide bonds. The van der Waals surface area contributed by atoms with Gasteiger partial charge in [-0.3, -0.25) is 0 Å². The van der Waals surface area contributed by atoms with Crippen LogP contribution in [0.4, 0.5) is 5.69 Å². The number of hydrogen-bond acceptors (Lipinski definition) is 3. The number of hydrogen-bond donors (Lipinski definition) is 2. The predicted octanol–water partition coefficient (Wildman–Crippen LogP) is 3.47. The number of fused-ring (bicyclic) bond motifs is 1. The number of aromatic amines is 1. The number of para-hydroxylation sites is 2. The Morgan fingerprint density at radius 1 is 1.30 bits per heavy atom. The summed E-state index contributed by atoms with van der Waals surface area (Å²) in [6, 6.07) is 8.03. The van der Waals surface area contributed by atoms with E-state index >= 15 is 0 Å². The van der Waals surface area contributed by atoms with Gasteiger partial charge in [0.25, 0.3) is 0 Å². The third-order valence-electron chi connectivity index (χ3n) is 3.66. The summed E-state index contributed by atoms with van der Waals surface area (Å²) >= 11 is 0. The lowest BCUT2D eigenvalue weighted by molar-refractivity contribution is 0.201. The van der Waals surface area contributed by atoms with Gasteiger partial charge in [0, 0.05) is 5.69 Å². The molecule has 0 spiro atoms. The smallest absolute Gasteiger partial charge is 0.173 e. The molecule has 106 valence electrons. The number of rotatable bonds is 4. The Labute approximate surface area is 119 Å². The summed E-state index contributed by atoms with van der Waals surface area (Å²) < 4.78 is 6.05. The van der Waals surface area contributed by atoms with Crippen LogP contribution in [-0.2, 0) is 12.8 Å². The summed E-state index contributed by atoms with van der Waals surface area (Å²) in [7, 11) is 0. The molecule has 0 radical (unpaired) electrons. The van der Waals surface area contributed by atoms with Gasteiger partial charge in [-0.2, -0.15) is 0 Å². The molecule has 0 bridgehead atoms. The second-order valence-electron chi connectivity index (χ2n) is 5.13. The topological polar surface area (TPSA) is 49.9 Å². The lowest BCUT2D eigenvalue weighted by atomic mass is 10.2. The summed E-state index contributed by atoms with van der Waals surface area (Å²) in [5.74, 6) is 1.84. The minimum Gasteiger partial charge on any atom is -0.478 e. The lowest BCUT2D eigenvalue weighted by Crippen LogP contribution is -2.24. The van der Waals surface area contributed by atoms with Gasteiger partial charge in [0.2, 0.25) is 0 Å². The second-order valence-corrected chi connectivity index (χ2v) is 5.13. The van der Waals surface area contributed by atoms with Gasteiger partial charge in [0.05, 0.1) is 17.9 Å². The second kappa shape index (κ2) is 5.57. The van der Waals surface area contributed by atoms with Crippen LogP contribution in [-0.4, -0.2) is 16.5 Å². The van der Waals surface area contributed by atoms with Crippen molar-refractivity contribution in [2.75, 3.05) is 11.9 Å². The minimum absolute atomic E-state index is 0.0409. The van der Waals surface area contributed by atoms with Crippen LogP contribution < -0.4 is 10.1 Å². The molecule has 1 atom stereocenters. The maximum absolute atomic E-state index is 6.05. The monoisotopic (exact) mass is 271 g/mol. The van der Waals surface area contributed by atoms with Crippen LogP contribution in [0.15, 0.2) is 24.3 Å². The van der Waals surface area contributed by atoms with Crippen LogP contribution in [0, 0.1) is 0 Å². The van der Waals surface area contributed by atoms with E-state index in [-0.39, 0.29) is 6.10 Å². The van der Waals surface area contributed by atoms with E-state index in [2.05, 4.69) is 24.1 Å². The summed E-state index contributed by atoms with van der Waals surface area (Å²) in [4.78, 5) is 8.18. The van der Waals surface area contributed by atoms with Crippen LogP contribution in [0.3, 0.4) is 0 Å². The highest BCUT2D eigenvalue weighted by atomic mass is 16.5. The highest BCUT2D eigenvalue weighted by molar-refractivity contribution is 5.57. The third-order valence-corrected chi connectivity index (χ3v) is 3.66. The summed E-state index contributed by atoms with van der Waals surface area (Å²) in [5, 5.41) is 3.40. The Kier molecular flexibility index (Phi) is 3.63. The maximum Gasteiger partial charge on any atom is 0.173 e. The van der Waals surface area contributed by atoms with Crippen molar-refractivity contribution < 1.29 is 4.74 Å². The van der Waals surface area contributed by atoms with E-state index in [4.69, 9.17) is 9.72 Å². The van der Waals surface area contributed by atoms with E-state index in [0.717, 1.165) is 43.1 Å². The molecule has 1 aliphatic rings. The molecule has 4 heteroatoms. The molecule has 2 heterocycles. The van der Waals surface area contributed by atoms with E-state index in [0.29, 0.717) is 0 Å². The highest BCUT2D eigenvalue weighted by Gasteiger charge is 2.24. The Hall–Kier alpha value is -1.97. The van der Waals surface area contributed by atoms with Gasteiger partial charge < -0.3 is 15.0 Å². The van der Waals surface area contributed by atoms with Gasteiger partial charge in [-0.15, -0.1) is 0 Å². The molecule has 1 aromatic heterocycles. The average molecular weight is 271 g/mol. The summed E-state index contributed by atoms with van der Waals surface area (Å²) in [6.07, 6.45) is 3.09. The van der Waals surface area contributed by atoms with Gasteiger partial charge in [-0.25, -0.2) is 4.98 Å². The normalized spacial score (nSPS) is 17.2. The molecular formula is C16H21N3O. The zero-order valence-electron chi connectivity index (χ0n) is 12.1. The van der Waals surface area contributed by atoms with Gasteiger partial charge in [-0.05, 0) is 25.0 Å². The van der Waals surface area contributed by atoms with Crippen LogP contribution in [0.5, 0.6) is 5.75 Å². The van der Waals surface area contributed by atoms with E-state index in [1.165, 1.54) is 11.4 Å². The van der Waals surface area contributed by atoms with Crippen molar-refractivity contribution in [3.05, 3.63) is 41.5 Å². The first-order valence-corrected chi connectivity index (χ1v) is 7.39. The molecule has 1 aromatic carbocycles. The van der Waals surface area contributed by atoms with Gasteiger partial charge in [0.15, 0.2) is 6.10 Å². The van der Waals surface area contributed by atoms with Crippen molar-refractivity contribution in [2.24, 2.45) is 0 Å². The molecule has 0 aliphatic carbocycles. The zero-order valence-corrected chi connectivity index (χ0v) is 12.1. The van der Waals surface area contributed by atoms with Crippen LogP contribution in [0.1, 0.15) is 43.6 Å². The molecule has 3 rings (SSSR count). The summed E-state index contributed by atoms with van der Waals surface area (Å²) in [5.41, 5.74) is 3.48. The first-order chi connectivity index (χ1) is 9.81. The standard InChI is InChI=1S/C16H21N3O/c1-3-7-12-11(4-2)18-16(19-12)15-10-17-13-8-5-6-9-14(13)20-15/h5-6,8-9,15,17H,3-4,7,10H2,1-2H3,(H,18,19). The van der Waals surface area contributed by atoms with Crippen LogP contribution >= 0.6 is 0 Å². The Morgan fingerprint density at radius 2 is 2.15 bits per heavy atom. The van der Waals surface area contributed by atoms with Crippen LogP contribution in [0.25, 0.3) is 0 Å². The lowest BCUT2D eigenvalue weighted by Gasteiger charge is -2.25. The molecule has 1 unspecified atom stereocenters. The number of imidazole rings is 1.